The summed E-state index contributed by atoms with van der Waals surface area (Å²) in [6.45, 7) is 6.64. The van der Waals surface area contributed by atoms with Crippen LogP contribution in [0.2, 0.25) is 0 Å². The number of nitrogens with one attached hydrogen (secondary N) is 1. The summed E-state index contributed by atoms with van der Waals surface area (Å²) < 4.78 is 7.34. The molecule has 9 nitrogen and oxygen atoms in total. The number of anilines is 2. The summed E-state index contributed by atoms with van der Waals surface area (Å²) in [4.78, 5) is 29.8. The van der Waals surface area contributed by atoms with Gasteiger partial charge in [-0.1, -0.05) is 69.2 Å². The van der Waals surface area contributed by atoms with Gasteiger partial charge in [0.05, 0.1) is 25.5 Å². The molecule has 230 valence electrons. The Morgan fingerprint density at radius 3 is 2.33 bits per heavy atom. The van der Waals surface area contributed by atoms with Crippen molar-refractivity contribution in [2.45, 2.75) is 64.8 Å². The number of unbranched alkanes of at least 4 members (excludes halogenated alkanes) is 7. The number of aromatic nitrogens is 3. The first-order valence-electron chi connectivity index (χ1n) is 15.7. The normalized spacial score (nSPS) is 13.9. The molecule has 4 rings (SSSR count). The average molecular weight is 587 g/mol. The van der Waals surface area contributed by atoms with Gasteiger partial charge in [0.1, 0.15) is 11.4 Å². The second-order valence-corrected chi connectivity index (χ2v) is 11.1. The SMILES string of the molecule is CCCCCCCCCCn1cc(/C=C/C(=O)c2ccc(NC(=O)CN3CCN(c4ccccc4OC)CC3)cc2)nn1. The predicted molar refractivity (Wildman–Crippen MR) is 173 cm³/mol. The van der Waals surface area contributed by atoms with Gasteiger partial charge in [-0.15, -0.1) is 5.10 Å². The number of amides is 1. The number of benzene rings is 2. The Hall–Kier alpha value is -3.98. The quantitative estimate of drug-likeness (QED) is 0.116. The largest absolute Gasteiger partial charge is 0.495 e. The van der Waals surface area contributed by atoms with Crippen LogP contribution in [0.25, 0.3) is 6.08 Å². The van der Waals surface area contributed by atoms with Gasteiger partial charge >= 0.3 is 0 Å². The van der Waals surface area contributed by atoms with Crippen LogP contribution >= 0.6 is 0 Å². The third-order valence-electron chi connectivity index (χ3n) is 7.82. The van der Waals surface area contributed by atoms with Gasteiger partial charge in [-0.2, -0.15) is 0 Å². The van der Waals surface area contributed by atoms with Crippen LogP contribution in [0, 0.1) is 0 Å². The van der Waals surface area contributed by atoms with E-state index in [4.69, 9.17) is 4.74 Å². The summed E-state index contributed by atoms with van der Waals surface area (Å²) in [7, 11) is 1.69. The van der Waals surface area contributed by atoms with Gasteiger partial charge < -0.3 is 15.0 Å². The lowest BCUT2D eigenvalue weighted by Crippen LogP contribution is -2.48. The number of hydrogen-bond acceptors (Lipinski definition) is 7. The Morgan fingerprint density at radius 2 is 1.60 bits per heavy atom. The van der Waals surface area contributed by atoms with Crippen LogP contribution in [0.1, 0.15) is 74.3 Å². The van der Waals surface area contributed by atoms with Crippen molar-refractivity contribution in [2.75, 3.05) is 50.1 Å². The monoisotopic (exact) mass is 586 g/mol. The number of carbonyl (C=O) groups is 2. The predicted octanol–water partition coefficient (Wildman–Crippen LogP) is 6.08. The van der Waals surface area contributed by atoms with E-state index in [1.807, 2.05) is 29.1 Å². The Balaban J connectivity index is 1.15. The minimum absolute atomic E-state index is 0.0697. The number of nitrogens with zero attached hydrogens (tertiary/aromatic N) is 5. The molecular formula is C34H46N6O3. The number of carbonyl (C=O) groups excluding carboxylic acids is 2. The van der Waals surface area contributed by atoms with Crippen molar-refractivity contribution in [2.24, 2.45) is 0 Å². The first kappa shape index (κ1) is 31.9. The molecule has 43 heavy (non-hydrogen) atoms. The summed E-state index contributed by atoms with van der Waals surface area (Å²) in [5.41, 5.74) is 2.97. The number of ether oxygens (including phenoxy) is 1. The second kappa shape index (κ2) is 17.2. The highest BCUT2D eigenvalue weighted by Gasteiger charge is 2.21. The van der Waals surface area contributed by atoms with Gasteiger partial charge in [0, 0.05) is 44.0 Å². The second-order valence-electron chi connectivity index (χ2n) is 11.1. The lowest BCUT2D eigenvalue weighted by atomic mass is 10.1. The van der Waals surface area contributed by atoms with E-state index in [-0.39, 0.29) is 11.7 Å². The number of allylic oxidation sites excluding steroid dienone is 1. The van der Waals surface area contributed by atoms with Gasteiger partial charge in [-0.25, -0.2) is 0 Å². The van der Waals surface area contributed by atoms with E-state index in [1.165, 1.54) is 51.0 Å². The molecule has 3 aromatic rings. The van der Waals surface area contributed by atoms with Crippen LogP contribution < -0.4 is 15.0 Å². The minimum atomic E-state index is -0.122. The standard InChI is InChI=1S/C34H46N6O3/c1-3-4-5-6-7-8-9-12-21-40-26-30(36-37-40)19-20-32(41)28-15-17-29(18-16-28)35-34(42)27-38-22-24-39(25-23-38)31-13-10-11-14-33(31)43-2/h10-11,13-20,26H,3-9,12,21-25,27H2,1-2H3,(H,35,42)/b20-19+. The zero-order valence-corrected chi connectivity index (χ0v) is 25.7. The first-order chi connectivity index (χ1) is 21.1. The fourth-order valence-corrected chi connectivity index (χ4v) is 5.32. The molecular weight excluding hydrogens is 540 g/mol. The van der Waals surface area contributed by atoms with E-state index >= 15 is 0 Å². The van der Waals surface area contributed by atoms with Gasteiger partial charge in [-0.3, -0.25) is 19.2 Å². The molecule has 1 saturated heterocycles. The number of rotatable bonds is 17. The molecule has 2 heterocycles. The van der Waals surface area contributed by atoms with Crippen molar-refractivity contribution in [1.82, 2.24) is 19.9 Å². The van der Waals surface area contributed by atoms with Crippen LogP contribution in [-0.4, -0.2) is 71.4 Å². The molecule has 1 aromatic heterocycles. The first-order valence-corrected chi connectivity index (χ1v) is 15.7. The molecule has 0 radical (unpaired) electrons. The number of hydrogen-bond donors (Lipinski definition) is 1. The fourth-order valence-electron chi connectivity index (χ4n) is 5.32. The van der Waals surface area contributed by atoms with E-state index in [0.717, 1.165) is 50.6 Å². The lowest BCUT2D eigenvalue weighted by molar-refractivity contribution is -0.117. The van der Waals surface area contributed by atoms with Crippen LogP contribution in [0.5, 0.6) is 5.75 Å². The van der Waals surface area contributed by atoms with E-state index in [2.05, 4.69) is 38.4 Å². The zero-order valence-electron chi connectivity index (χ0n) is 25.7. The van der Waals surface area contributed by atoms with E-state index in [9.17, 15) is 9.59 Å². The molecule has 9 heteroatoms. The number of aryl methyl sites for hydroxylation is 1. The van der Waals surface area contributed by atoms with Crippen LogP contribution in [0.4, 0.5) is 11.4 Å². The molecule has 0 bridgehead atoms. The van der Waals surface area contributed by atoms with Crippen molar-refractivity contribution >= 4 is 29.1 Å². The molecule has 1 aliphatic rings. The molecule has 2 aromatic carbocycles. The van der Waals surface area contributed by atoms with Crippen LogP contribution in [0.15, 0.2) is 60.8 Å². The zero-order chi connectivity index (χ0) is 30.3. The number of methoxy groups -OCH3 is 1. The maximum Gasteiger partial charge on any atom is 0.238 e. The summed E-state index contributed by atoms with van der Waals surface area (Å²) in [6, 6.07) is 15.0. The molecule has 1 aliphatic heterocycles. The number of piperazine rings is 1. The highest BCUT2D eigenvalue weighted by molar-refractivity contribution is 6.07. The van der Waals surface area contributed by atoms with Crippen molar-refractivity contribution in [3.05, 3.63) is 72.1 Å². The van der Waals surface area contributed by atoms with Gasteiger partial charge in [0.15, 0.2) is 5.78 Å². The lowest BCUT2D eigenvalue weighted by Gasteiger charge is -2.36. The molecule has 0 unspecified atom stereocenters. The molecule has 0 atom stereocenters. The fraction of sp³-hybridized carbons (Fsp3) is 0.471. The summed E-state index contributed by atoms with van der Waals surface area (Å²) in [5, 5.41) is 11.3. The minimum Gasteiger partial charge on any atom is -0.495 e. The van der Waals surface area contributed by atoms with Gasteiger partial charge in [0.25, 0.3) is 0 Å². The molecule has 1 amide bonds. The molecule has 1 N–H and O–H groups in total. The number of ketones is 1. The van der Waals surface area contributed by atoms with Crippen LogP contribution in [0.3, 0.4) is 0 Å². The van der Waals surface area contributed by atoms with Crippen LogP contribution in [-0.2, 0) is 11.3 Å². The molecule has 0 spiro atoms. The third kappa shape index (κ3) is 10.4. The van der Waals surface area contributed by atoms with E-state index in [0.29, 0.717) is 23.5 Å². The molecule has 1 fully saturated rings. The van der Waals surface area contributed by atoms with E-state index in [1.54, 1.807) is 37.5 Å². The average Bonchev–Trinajstić information content (AvgIpc) is 3.49. The van der Waals surface area contributed by atoms with Crippen molar-refractivity contribution < 1.29 is 14.3 Å². The number of para-hydroxylation sites is 2. The van der Waals surface area contributed by atoms with E-state index < -0.39 is 0 Å². The maximum atomic E-state index is 12.7. The summed E-state index contributed by atoms with van der Waals surface area (Å²) in [6.07, 6.45) is 15.3. The molecule has 0 aliphatic carbocycles. The Morgan fingerprint density at radius 1 is 0.907 bits per heavy atom. The van der Waals surface area contributed by atoms with Gasteiger partial charge in [-0.05, 0) is 55.0 Å². The highest BCUT2D eigenvalue weighted by Crippen LogP contribution is 2.28. The summed E-state index contributed by atoms with van der Waals surface area (Å²) >= 11 is 0. The third-order valence-corrected chi connectivity index (χ3v) is 7.82. The molecule has 0 saturated carbocycles. The Kier molecular flexibility index (Phi) is 12.8. The highest BCUT2D eigenvalue weighted by atomic mass is 16.5. The van der Waals surface area contributed by atoms with Crippen molar-refractivity contribution in [3.8, 4) is 5.75 Å². The summed E-state index contributed by atoms with van der Waals surface area (Å²) in [5.74, 6) is 0.673. The van der Waals surface area contributed by atoms with Crippen molar-refractivity contribution in [3.63, 3.8) is 0 Å². The van der Waals surface area contributed by atoms with Crippen molar-refractivity contribution in [1.29, 1.82) is 0 Å². The topological polar surface area (TPSA) is 92.6 Å². The smallest absolute Gasteiger partial charge is 0.238 e. The maximum absolute atomic E-state index is 12.7. The van der Waals surface area contributed by atoms with Gasteiger partial charge in [0.2, 0.25) is 5.91 Å². The Bertz CT molecular complexity index is 1310. The Labute approximate surface area is 255 Å².